The predicted molar refractivity (Wildman–Crippen MR) is 137 cm³/mol. The summed E-state index contributed by atoms with van der Waals surface area (Å²) in [5.74, 6) is 0.279. The molecule has 2 saturated heterocycles. The highest BCUT2D eigenvalue weighted by Crippen LogP contribution is 2.41. The summed E-state index contributed by atoms with van der Waals surface area (Å²) in [5, 5.41) is 3.11. The van der Waals surface area contributed by atoms with E-state index in [1.54, 1.807) is 37.3 Å². The lowest BCUT2D eigenvalue weighted by molar-refractivity contribution is -0.136. The van der Waals surface area contributed by atoms with E-state index in [2.05, 4.69) is 16.6 Å². The maximum atomic E-state index is 12.8. The third kappa shape index (κ3) is 7.80. The Balaban J connectivity index is 1.38. The Morgan fingerprint density at radius 3 is 2.00 bits per heavy atom. The zero-order chi connectivity index (χ0) is 25.5. The largest absolute Gasteiger partial charge is 0.389 e. The SMILES string of the molecule is C=C(C)NCCC(=O)N1CCC2(CC1)CCN(C(=O)CCC(C)NS(=O)(=O)c1ccccc1)CC2. The molecule has 2 heterocycles. The van der Waals surface area contributed by atoms with Gasteiger partial charge in [-0.2, -0.15) is 0 Å². The van der Waals surface area contributed by atoms with Crippen molar-refractivity contribution in [2.24, 2.45) is 5.41 Å². The molecule has 0 saturated carbocycles. The number of rotatable bonds is 10. The molecule has 2 aliphatic heterocycles. The number of sulfonamides is 1. The molecule has 8 nitrogen and oxygen atoms in total. The molecule has 0 aliphatic carbocycles. The number of amides is 2. The van der Waals surface area contributed by atoms with Gasteiger partial charge < -0.3 is 15.1 Å². The fourth-order valence-corrected chi connectivity index (χ4v) is 6.29. The molecule has 35 heavy (non-hydrogen) atoms. The highest BCUT2D eigenvalue weighted by atomic mass is 32.2. The molecule has 1 aromatic rings. The number of allylic oxidation sites excluding steroid dienone is 1. The molecule has 2 fully saturated rings. The van der Waals surface area contributed by atoms with E-state index in [0.29, 0.717) is 25.8 Å². The van der Waals surface area contributed by atoms with Crippen molar-refractivity contribution >= 4 is 21.8 Å². The molecule has 2 amide bonds. The highest BCUT2D eigenvalue weighted by molar-refractivity contribution is 7.89. The summed E-state index contributed by atoms with van der Waals surface area (Å²) < 4.78 is 27.6. The van der Waals surface area contributed by atoms with E-state index in [4.69, 9.17) is 0 Å². The smallest absolute Gasteiger partial charge is 0.240 e. The van der Waals surface area contributed by atoms with Crippen LogP contribution in [0.4, 0.5) is 0 Å². The first-order chi connectivity index (χ1) is 16.6. The molecule has 194 valence electrons. The fourth-order valence-electron chi connectivity index (χ4n) is 4.99. The van der Waals surface area contributed by atoms with Crippen molar-refractivity contribution in [3.63, 3.8) is 0 Å². The van der Waals surface area contributed by atoms with Crippen molar-refractivity contribution in [1.82, 2.24) is 19.8 Å². The summed E-state index contributed by atoms with van der Waals surface area (Å²) in [6.45, 7) is 11.2. The number of likely N-dealkylation sites (tertiary alicyclic amines) is 2. The predicted octanol–water partition coefficient (Wildman–Crippen LogP) is 2.88. The van der Waals surface area contributed by atoms with Crippen LogP contribution in [0, 0.1) is 5.41 Å². The van der Waals surface area contributed by atoms with E-state index >= 15 is 0 Å². The van der Waals surface area contributed by atoms with E-state index in [1.165, 1.54) is 0 Å². The van der Waals surface area contributed by atoms with Gasteiger partial charge in [-0.25, -0.2) is 13.1 Å². The van der Waals surface area contributed by atoms with Gasteiger partial charge in [0.25, 0.3) is 0 Å². The third-order valence-corrected chi connectivity index (χ3v) is 8.93. The molecule has 1 atom stereocenters. The van der Waals surface area contributed by atoms with Crippen molar-refractivity contribution in [1.29, 1.82) is 0 Å². The summed E-state index contributed by atoms with van der Waals surface area (Å²) >= 11 is 0. The van der Waals surface area contributed by atoms with E-state index in [0.717, 1.165) is 57.6 Å². The molecule has 1 aromatic carbocycles. The zero-order valence-electron chi connectivity index (χ0n) is 21.1. The van der Waals surface area contributed by atoms with Gasteiger partial charge in [-0.1, -0.05) is 24.8 Å². The van der Waals surface area contributed by atoms with E-state index < -0.39 is 10.0 Å². The molecule has 3 rings (SSSR count). The number of carbonyl (C=O) groups is 2. The molecule has 1 unspecified atom stereocenters. The average molecular weight is 505 g/mol. The van der Waals surface area contributed by atoms with Crippen LogP contribution < -0.4 is 10.0 Å². The Labute approximate surface area is 210 Å². The third-order valence-electron chi connectivity index (χ3n) is 7.32. The van der Waals surface area contributed by atoms with Crippen molar-refractivity contribution < 1.29 is 18.0 Å². The quantitative estimate of drug-likeness (QED) is 0.511. The van der Waals surface area contributed by atoms with Gasteiger partial charge in [0, 0.05) is 57.3 Å². The van der Waals surface area contributed by atoms with Crippen LogP contribution in [-0.2, 0) is 19.6 Å². The first-order valence-corrected chi connectivity index (χ1v) is 14.1. The topological polar surface area (TPSA) is 98.8 Å². The number of benzene rings is 1. The minimum absolute atomic E-state index is 0.0863. The van der Waals surface area contributed by atoms with Crippen LogP contribution >= 0.6 is 0 Å². The molecule has 2 aliphatic rings. The van der Waals surface area contributed by atoms with E-state index in [-0.39, 0.29) is 28.2 Å². The Morgan fingerprint density at radius 2 is 1.49 bits per heavy atom. The van der Waals surface area contributed by atoms with E-state index in [9.17, 15) is 18.0 Å². The summed E-state index contributed by atoms with van der Waals surface area (Å²) in [6, 6.07) is 7.95. The molecule has 9 heteroatoms. The van der Waals surface area contributed by atoms with Gasteiger partial charge in [-0.15, -0.1) is 0 Å². The second-order valence-electron chi connectivity index (χ2n) is 10.1. The lowest BCUT2D eigenvalue weighted by Gasteiger charge is -2.47. The van der Waals surface area contributed by atoms with Gasteiger partial charge in [-0.05, 0) is 63.5 Å². The Morgan fingerprint density at radius 1 is 0.971 bits per heavy atom. The van der Waals surface area contributed by atoms with Crippen LogP contribution in [0.25, 0.3) is 0 Å². The number of carbonyl (C=O) groups excluding carboxylic acids is 2. The average Bonchev–Trinajstić information content (AvgIpc) is 2.83. The van der Waals surface area contributed by atoms with Gasteiger partial charge in [0.1, 0.15) is 0 Å². The Kier molecular flexibility index (Phi) is 9.35. The Hall–Kier alpha value is -2.39. The zero-order valence-corrected chi connectivity index (χ0v) is 21.9. The van der Waals surface area contributed by atoms with Crippen molar-refractivity contribution in [3.05, 3.63) is 42.6 Å². The Bertz CT molecular complexity index is 978. The number of nitrogens with one attached hydrogen (secondary N) is 2. The molecule has 0 radical (unpaired) electrons. The van der Waals surface area contributed by atoms with Crippen LogP contribution in [-0.4, -0.2) is 68.8 Å². The normalized spacial score (nSPS) is 18.8. The molecule has 0 bridgehead atoms. The van der Waals surface area contributed by atoms with Crippen molar-refractivity contribution in [3.8, 4) is 0 Å². The minimum Gasteiger partial charge on any atom is -0.389 e. The van der Waals surface area contributed by atoms with Crippen LogP contribution in [0.1, 0.15) is 58.8 Å². The minimum atomic E-state index is -3.58. The van der Waals surface area contributed by atoms with Crippen LogP contribution in [0.5, 0.6) is 0 Å². The van der Waals surface area contributed by atoms with Gasteiger partial charge in [0.15, 0.2) is 0 Å². The summed E-state index contributed by atoms with van der Waals surface area (Å²) in [6.07, 6.45) is 5.19. The van der Waals surface area contributed by atoms with Crippen molar-refractivity contribution in [2.75, 3.05) is 32.7 Å². The van der Waals surface area contributed by atoms with Crippen LogP contribution in [0.3, 0.4) is 0 Å². The van der Waals surface area contributed by atoms with E-state index in [1.807, 2.05) is 16.7 Å². The van der Waals surface area contributed by atoms with Gasteiger partial charge in [0.05, 0.1) is 4.90 Å². The number of nitrogens with zero attached hydrogens (tertiary/aromatic N) is 2. The highest BCUT2D eigenvalue weighted by Gasteiger charge is 2.39. The van der Waals surface area contributed by atoms with Crippen molar-refractivity contribution in [2.45, 2.75) is 69.7 Å². The second-order valence-corrected chi connectivity index (χ2v) is 11.8. The lowest BCUT2D eigenvalue weighted by atomic mass is 9.71. The molecule has 2 N–H and O–H groups in total. The molecule has 1 spiro atoms. The summed E-state index contributed by atoms with van der Waals surface area (Å²) in [7, 11) is -3.58. The maximum absolute atomic E-state index is 12.8. The maximum Gasteiger partial charge on any atom is 0.240 e. The monoisotopic (exact) mass is 504 g/mol. The molecule has 0 aromatic heterocycles. The number of hydrogen-bond acceptors (Lipinski definition) is 5. The summed E-state index contributed by atoms with van der Waals surface area (Å²) in [4.78, 5) is 29.4. The van der Waals surface area contributed by atoms with Gasteiger partial charge in [-0.3, -0.25) is 9.59 Å². The van der Waals surface area contributed by atoms with Crippen LogP contribution in [0.2, 0.25) is 0 Å². The first-order valence-electron chi connectivity index (χ1n) is 12.6. The lowest BCUT2D eigenvalue weighted by Crippen LogP contribution is -2.49. The standard InChI is InChI=1S/C26H40N4O4S/c1-21(2)27-16-11-25(32)30-19-14-26(15-20-30)12-17-29(18-13-26)24(31)10-9-22(3)28-35(33,34)23-7-5-4-6-8-23/h4-8,22,27-28H,1,9-20H2,2-3H3. The fraction of sp³-hybridized carbons (Fsp3) is 0.615. The van der Waals surface area contributed by atoms with Crippen LogP contribution in [0.15, 0.2) is 47.5 Å². The number of hydrogen-bond donors (Lipinski definition) is 2. The summed E-state index contributed by atoms with van der Waals surface area (Å²) in [5.41, 5.74) is 1.10. The second kappa shape index (κ2) is 12.0. The first kappa shape index (κ1) is 27.2. The molecular formula is C26H40N4O4S. The van der Waals surface area contributed by atoms with Gasteiger partial charge in [0.2, 0.25) is 21.8 Å². The van der Waals surface area contributed by atoms with Gasteiger partial charge >= 0.3 is 0 Å². The number of piperidine rings is 2. The molecular weight excluding hydrogens is 464 g/mol.